The van der Waals surface area contributed by atoms with Gasteiger partial charge in [-0.15, -0.1) is 6.58 Å². The Morgan fingerprint density at radius 3 is 2.65 bits per heavy atom. The molecule has 0 spiro atoms. The molecule has 2 aliphatic rings. The highest BCUT2D eigenvalue weighted by Gasteiger charge is 2.33. The zero-order valence-corrected chi connectivity index (χ0v) is 14.8. The highest BCUT2D eigenvalue weighted by molar-refractivity contribution is 6.04. The number of amides is 2. The van der Waals surface area contributed by atoms with E-state index in [9.17, 15) is 9.59 Å². The van der Waals surface area contributed by atoms with Crippen molar-refractivity contribution in [2.24, 2.45) is 5.16 Å². The van der Waals surface area contributed by atoms with Gasteiger partial charge in [-0.25, -0.2) is 0 Å². The molecule has 2 heterocycles. The lowest BCUT2D eigenvalue weighted by Gasteiger charge is -2.35. The van der Waals surface area contributed by atoms with Gasteiger partial charge in [-0.2, -0.15) is 0 Å². The van der Waals surface area contributed by atoms with E-state index in [1.54, 1.807) is 11.0 Å². The Morgan fingerprint density at radius 1 is 1.23 bits per heavy atom. The van der Waals surface area contributed by atoms with Crippen LogP contribution in [0.2, 0.25) is 0 Å². The number of benzene rings is 1. The first-order chi connectivity index (χ1) is 12.7. The van der Waals surface area contributed by atoms with Crippen molar-refractivity contribution < 1.29 is 14.4 Å². The van der Waals surface area contributed by atoms with Gasteiger partial charge in [0.2, 0.25) is 12.0 Å². The number of carbonyl (C=O) groups is 2. The fraction of sp³-hybridized carbons (Fsp3) is 0.421. The molecule has 7 heteroatoms. The van der Waals surface area contributed by atoms with E-state index in [1.807, 2.05) is 35.2 Å². The molecular weight excluding hydrogens is 332 g/mol. The molecule has 1 N–H and O–H groups in total. The molecule has 7 nitrogen and oxygen atoms in total. The van der Waals surface area contributed by atoms with Gasteiger partial charge < -0.3 is 15.1 Å². The second-order valence-electron chi connectivity index (χ2n) is 6.40. The fourth-order valence-electron chi connectivity index (χ4n) is 3.09. The largest absolute Gasteiger partial charge is 0.382 e. The first-order valence-electron chi connectivity index (χ1n) is 8.84. The molecule has 0 bridgehead atoms. The van der Waals surface area contributed by atoms with Gasteiger partial charge in [0.05, 0.1) is 12.3 Å². The number of carbonyl (C=O) groups excluding carboxylic acids is 2. The van der Waals surface area contributed by atoms with Crippen molar-refractivity contribution in [1.29, 1.82) is 0 Å². The molecule has 1 atom stereocenters. The van der Waals surface area contributed by atoms with Crippen molar-refractivity contribution in [3.63, 3.8) is 0 Å². The summed E-state index contributed by atoms with van der Waals surface area (Å²) in [6.45, 7) is 6.92. The normalized spacial score (nSPS) is 20.2. The smallest absolute Gasteiger partial charge is 0.266 e. The molecule has 1 aromatic carbocycles. The first kappa shape index (κ1) is 18.1. The van der Waals surface area contributed by atoms with Gasteiger partial charge in [0.25, 0.3) is 5.91 Å². The van der Waals surface area contributed by atoms with Crippen LogP contribution in [-0.2, 0) is 14.4 Å². The molecule has 0 aromatic heterocycles. The Hall–Kier alpha value is -2.67. The van der Waals surface area contributed by atoms with Crippen LogP contribution >= 0.6 is 0 Å². The third-order valence-electron chi connectivity index (χ3n) is 4.55. The van der Waals surface area contributed by atoms with E-state index < -0.39 is 6.10 Å². The quantitative estimate of drug-likeness (QED) is 0.759. The van der Waals surface area contributed by atoms with Gasteiger partial charge in [-0.1, -0.05) is 41.6 Å². The van der Waals surface area contributed by atoms with E-state index in [0.29, 0.717) is 45.7 Å². The number of rotatable bonds is 6. The van der Waals surface area contributed by atoms with Crippen LogP contribution in [0.5, 0.6) is 0 Å². The van der Waals surface area contributed by atoms with Crippen molar-refractivity contribution in [1.82, 2.24) is 15.1 Å². The average molecular weight is 356 g/mol. The molecule has 0 saturated carbocycles. The Balaban J connectivity index is 1.45. The molecule has 3 rings (SSSR count). The van der Waals surface area contributed by atoms with Crippen LogP contribution in [0.4, 0.5) is 0 Å². The van der Waals surface area contributed by atoms with Crippen LogP contribution in [-0.4, -0.2) is 72.7 Å². The van der Waals surface area contributed by atoms with Crippen LogP contribution in [0.15, 0.2) is 48.1 Å². The zero-order valence-electron chi connectivity index (χ0n) is 14.8. The second kappa shape index (κ2) is 8.62. The maximum absolute atomic E-state index is 12.7. The lowest BCUT2D eigenvalue weighted by molar-refractivity contribution is -0.144. The molecule has 1 saturated heterocycles. The number of piperazine rings is 1. The number of hydrogen-bond acceptors (Lipinski definition) is 5. The molecule has 1 unspecified atom stereocenters. The summed E-state index contributed by atoms with van der Waals surface area (Å²) < 4.78 is 0. The predicted molar refractivity (Wildman–Crippen MR) is 98.7 cm³/mol. The lowest BCUT2D eigenvalue weighted by atomic mass is 10.0. The van der Waals surface area contributed by atoms with Crippen LogP contribution in [0.1, 0.15) is 12.0 Å². The van der Waals surface area contributed by atoms with Crippen molar-refractivity contribution in [2.75, 3.05) is 39.3 Å². The summed E-state index contributed by atoms with van der Waals surface area (Å²) in [6.07, 6.45) is 1.60. The second-order valence-corrected chi connectivity index (χ2v) is 6.40. The monoisotopic (exact) mass is 356 g/mol. The van der Waals surface area contributed by atoms with Gasteiger partial charge in [-0.3, -0.25) is 14.5 Å². The van der Waals surface area contributed by atoms with Crippen molar-refractivity contribution in [3.8, 4) is 0 Å². The van der Waals surface area contributed by atoms with E-state index in [0.717, 1.165) is 11.3 Å². The summed E-state index contributed by atoms with van der Waals surface area (Å²) in [7, 11) is 0. The van der Waals surface area contributed by atoms with E-state index in [1.165, 1.54) is 0 Å². The maximum atomic E-state index is 12.7. The van der Waals surface area contributed by atoms with Gasteiger partial charge >= 0.3 is 0 Å². The molecule has 0 aliphatic carbocycles. The summed E-state index contributed by atoms with van der Waals surface area (Å²) in [5.74, 6) is -0.0554. The van der Waals surface area contributed by atoms with Crippen molar-refractivity contribution in [2.45, 2.75) is 12.5 Å². The van der Waals surface area contributed by atoms with E-state index in [-0.39, 0.29) is 11.8 Å². The molecule has 1 fully saturated rings. The fourth-order valence-corrected chi connectivity index (χ4v) is 3.09. The minimum absolute atomic E-state index is 0.0234. The third-order valence-corrected chi connectivity index (χ3v) is 4.55. The highest BCUT2D eigenvalue weighted by Crippen LogP contribution is 2.19. The van der Waals surface area contributed by atoms with Crippen LogP contribution in [0.25, 0.3) is 0 Å². The molecule has 26 heavy (non-hydrogen) atoms. The maximum Gasteiger partial charge on any atom is 0.266 e. The van der Waals surface area contributed by atoms with E-state index >= 15 is 0 Å². The summed E-state index contributed by atoms with van der Waals surface area (Å²) >= 11 is 0. The lowest BCUT2D eigenvalue weighted by Crippen LogP contribution is -2.53. The summed E-state index contributed by atoms with van der Waals surface area (Å²) in [5.41, 5.74) is 1.79. The molecular formula is C19H24N4O3. The van der Waals surface area contributed by atoms with Crippen molar-refractivity contribution in [3.05, 3.63) is 48.6 Å². The van der Waals surface area contributed by atoms with Crippen LogP contribution < -0.4 is 5.32 Å². The Labute approximate surface area is 153 Å². The Kier molecular flexibility index (Phi) is 6.01. The minimum atomic E-state index is -0.548. The number of oxime groups is 1. The number of nitrogens with one attached hydrogen (secondary N) is 1. The standard InChI is InChI=1S/C19H24N4O3/c1-2-8-20-18(24)14-22-9-11-23(12-10-22)19(25)17-13-16(21-26-17)15-6-4-3-5-7-15/h2-7,17H,1,8-14H2,(H,20,24). The number of hydrogen-bond donors (Lipinski definition) is 1. The molecule has 0 radical (unpaired) electrons. The highest BCUT2D eigenvalue weighted by atomic mass is 16.6. The Bertz CT molecular complexity index is 681. The SMILES string of the molecule is C=CCNC(=O)CN1CCN(C(=O)C2CC(c3ccccc3)=NO2)CC1. The molecule has 2 aliphatic heterocycles. The van der Waals surface area contributed by atoms with Gasteiger partial charge in [0.15, 0.2) is 0 Å². The Morgan fingerprint density at radius 2 is 1.96 bits per heavy atom. The minimum Gasteiger partial charge on any atom is -0.382 e. The molecule has 2 amide bonds. The summed E-state index contributed by atoms with van der Waals surface area (Å²) in [6, 6.07) is 9.75. The topological polar surface area (TPSA) is 74.2 Å². The van der Waals surface area contributed by atoms with Crippen molar-refractivity contribution >= 4 is 17.5 Å². The van der Waals surface area contributed by atoms with Crippen LogP contribution in [0.3, 0.4) is 0 Å². The number of nitrogens with zero attached hydrogens (tertiary/aromatic N) is 3. The third kappa shape index (κ3) is 4.49. The van der Waals surface area contributed by atoms with Gasteiger partial charge in [0, 0.05) is 39.1 Å². The van der Waals surface area contributed by atoms with Gasteiger partial charge in [0.1, 0.15) is 0 Å². The predicted octanol–water partition coefficient (Wildman–Crippen LogP) is 0.626. The molecule has 138 valence electrons. The van der Waals surface area contributed by atoms with Crippen LogP contribution in [0, 0.1) is 0 Å². The van der Waals surface area contributed by atoms with E-state index in [2.05, 4.69) is 17.1 Å². The van der Waals surface area contributed by atoms with Gasteiger partial charge in [-0.05, 0) is 5.56 Å². The average Bonchev–Trinajstić information content (AvgIpc) is 3.17. The summed E-state index contributed by atoms with van der Waals surface area (Å²) in [4.78, 5) is 33.6. The first-order valence-corrected chi connectivity index (χ1v) is 8.84. The zero-order chi connectivity index (χ0) is 18.4. The van der Waals surface area contributed by atoms with E-state index in [4.69, 9.17) is 4.84 Å². The molecule has 1 aromatic rings. The summed E-state index contributed by atoms with van der Waals surface area (Å²) in [5, 5.41) is 6.85.